The fraction of sp³-hybridized carbons (Fsp3) is 0.125. The number of benzene rings is 2. The van der Waals surface area contributed by atoms with Crippen molar-refractivity contribution in [3.05, 3.63) is 58.7 Å². The van der Waals surface area contributed by atoms with Gasteiger partial charge in [-0.15, -0.1) is 0 Å². The lowest BCUT2D eigenvalue weighted by atomic mass is 10.0. The molecule has 108 valence electrons. The zero-order chi connectivity index (χ0) is 15.6. The molecule has 0 aromatic heterocycles. The third-order valence-corrected chi connectivity index (χ3v) is 3.28. The van der Waals surface area contributed by atoms with Gasteiger partial charge in [0.05, 0.1) is 0 Å². The van der Waals surface area contributed by atoms with Crippen LogP contribution < -0.4 is 16.8 Å². The van der Waals surface area contributed by atoms with E-state index in [2.05, 4.69) is 5.32 Å². The van der Waals surface area contributed by atoms with Crippen LogP contribution in [0.3, 0.4) is 0 Å². The van der Waals surface area contributed by atoms with Crippen LogP contribution in [-0.4, -0.2) is 11.8 Å². The number of rotatable bonds is 3. The summed E-state index contributed by atoms with van der Waals surface area (Å²) >= 11 is 0. The maximum atomic E-state index is 12.3. The van der Waals surface area contributed by atoms with Gasteiger partial charge in [0.2, 0.25) is 5.91 Å². The van der Waals surface area contributed by atoms with Crippen LogP contribution in [0.2, 0.25) is 0 Å². The van der Waals surface area contributed by atoms with Crippen LogP contribution in [-0.2, 0) is 0 Å². The largest absolute Gasteiger partial charge is 0.398 e. The molecule has 2 aromatic carbocycles. The van der Waals surface area contributed by atoms with Crippen molar-refractivity contribution in [1.82, 2.24) is 0 Å². The average molecular weight is 283 g/mol. The van der Waals surface area contributed by atoms with Crippen molar-refractivity contribution < 1.29 is 9.59 Å². The summed E-state index contributed by atoms with van der Waals surface area (Å²) in [7, 11) is 0. The minimum atomic E-state index is -0.505. The molecular formula is C16H17N3O2. The Hall–Kier alpha value is -2.82. The summed E-state index contributed by atoms with van der Waals surface area (Å²) in [5, 5.41) is 2.77. The number of primary amides is 1. The predicted octanol–water partition coefficient (Wildman–Crippen LogP) is 2.24. The van der Waals surface area contributed by atoms with Crippen molar-refractivity contribution in [2.24, 2.45) is 5.73 Å². The zero-order valence-electron chi connectivity index (χ0n) is 11.9. The Kier molecular flexibility index (Phi) is 3.93. The molecule has 0 unspecified atom stereocenters. The Morgan fingerprint density at radius 2 is 1.62 bits per heavy atom. The number of aryl methyl sites for hydroxylation is 2. The maximum Gasteiger partial charge on any atom is 0.256 e. The highest BCUT2D eigenvalue weighted by atomic mass is 16.2. The van der Waals surface area contributed by atoms with Crippen LogP contribution >= 0.6 is 0 Å². The molecule has 0 heterocycles. The van der Waals surface area contributed by atoms with Gasteiger partial charge in [0.15, 0.2) is 0 Å². The van der Waals surface area contributed by atoms with Crippen LogP contribution in [0.1, 0.15) is 31.8 Å². The van der Waals surface area contributed by atoms with E-state index in [0.717, 1.165) is 11.1 Å². The van der Waals surface area contributed by atoms with Crippen LogP contribution in [0.25, 0.3) is 0 Å². The molecule has 0 fully saturated rings. The van der Waals surface area contributed by atoms with Crippen LogP contribution in [0.5, 0.6) is 0 Å². The fourth-order valence-electron chi connectivity index (χ4n) is 2.03. The third-order valence-electron chi connectivity index (χ3n) is 3.28. The summed E-state index contributed by atoms with van der Waals surface area (Å²) in [5.74, 6) is -0.749. The van der Waals surface area contributed by atoms with Crippen molar-refractivity contribution in [2.75, 3.05) is 11.1 Å². The highest BCUT2D eigenvalue weighted by molar-refractivity contribution is 6.06. The van der Waals surface area contributed by atoms with Gasteiger partial charge in [0.1, 0.15) is 0 Å². The fourth-order valence-corrected chi connectivity index (χ4v) is 2.03. The Balaban J connectivity index is 2.22. The molecule has 5 nitrogen and oxygen atoms in total. The third kappa shape index (κ3) is 3.20. The minimum Gasteiger partial charge on any atom is -0.398 e. The Bertz CT molecular complexity index is 706. The Labute approximate surface area is 123 Å². The molecule has 0 spiro atoms. The Morgan fingerprint density at radius 3 is 2.19 bits per heavy atom. The number of hydrogen-bond donors (Lipinski definition) is 3. The SMILES string of the molecule is Cc1cc(C)c(C(=O)Nc2ccc(C(N)=O)cc2)cc1N. The molecule has 0 aliphatic heterocycles. The lowest BCUT2D eigenvalue weighted by Gasteiger charge is -2.10. The molecule has 5 heteroatoms. The molecule has 0 radical (unpaired) electrons. The standard InChI is InChI=1S/C16H17N3O2/c1-9-7-10(2)14(17)8-13(9)16(21)19-12-5-3-11(4-6-12)15(18)20/h3-8H,17H2,1-2H3,(H2,18,20)(H,19,21). The second-order valence-corrected chi connectivity index (χ2v) is 4.92. The first kappa shape index (κ1) is 14.6. The maximum absolute atomic E-state index is 12.3. The van der Waals surface area contributed by atoms with Gasteiger partial charge in [-0.25, -0.2) is 0 Å². The van der Waals surface area contributed by atoms with Crippen molar-refractivity contribution in [2.45, 2.75) is 13.8 Å². The summed E-state index contributed by atoms with van der Waals surface area (Å²) in [6, 6.07) is 9.93. The first-order valence-corrected chi connectivity index (χ1v) is 6.46. The number of nitrogens with two attached hydrogens (primary N) is 2. The normalized spacial score (nSPS) is 10.2. The van der Waals surface area contributed by atoms with Crippen molar-refractivity contribution in [3.63, 3.8) is 0 Å². The summed E-state index contributed by atoms with van der Waals surface area (Å²) in [4.78, 5) is 23.2. The van der Waals surface area contributed by atoms with Crippen LogP contribution in [0.15, 0.2) is 36.4 Å². The van der Waals surface area contributed by atoms with Crippen LogP contribution in [0, 0.1) is 13.8 Å². The molecule has 2 rings (SSSR count). The number of nitrogens with one attached hydrogen (secondary N) is 1. The molecule has 21 heavy (non-hydrogen) atoms. The first-order valence-electron chi connectivity index (χ1n) is 6.46. The lowest BCUT2D eigenvalue weighted by Crippen LogP contribution is -2.15. The number of carbonyl (C=O) groups is 2. The van der Waals surface area contributed by atoms with E-state index in [9.17, 15) is 9.59 Å². The molecule has 2 amide bonds. The molecule has 5 N–H and O–H groups in total. The highest BCUT2D eigenvalue weighted by Gasteiger charge is 2.11. The number of amides is 2. The van der Waals surface area contributed by atoms with Gasteiger partial charge in [0.25, 0.3) is 5.91 Å². The van der Waals surface area contributed by atoms with E-state index >= 15 is 0 Å². The zero-order valence-corrected chi connectivity index (χ0v) is 11.9. The predicted molar refractivity (Wildman–Crippen MR) is 83.2 cm³/mol. The van der Waals surface area contributed by atoms with E-state index in [-0.39, 0.29) is 5.91 Å². The van der Waals surface area contributed by atoms with Gasteiger partial charge in [-0.2, -0.15) is 0 Å². The van der Waals surface area contributed by atoms with E-state index in [1.807, 2.05) is 19.9 Å². The summed E-state index contributed by atoms with van der Waals surface area (Å²) in [5.41, 5.74) is 14.9. The van der Waals surface area contributed by atoms with E-state index < -0.39 is 5.91 Å². The molecule has 0 aliphatic carbocycles. The summed E-state index contributed by atoms with van der Waals surface area (Å²) in [6.45, 7) is 3.75. The molecule has 0 saturated heterocycles. The highest BCUT2D eigenvalue weighted by Crippen LogP contribution is 2.19. The van der Waals surface area contributed by atoms with Crippen molar-refractivity contribution >= 4 is 23.2 Å². The minimum absolute atomic E-state index is 0.244. The molecule has 0 saturated carbocycles. The average Bonchev–Trinajstić information content (AvgIpc) is 2.43. The molecule has 2 aromatic rings. The molecule has 0 atom stereocenters. The molecule has 0 aliphatic rings. The van der Waals surface area contributed by atoms with Gasteiger partial charge >= 0.3 is 0 Å². The van der Waals surface area contributed by atoms with Gasteiger partial charge in [0, 0.05) is 22.5 Å². The molecular weight excluding hydrogens is 266 g/mol. The Morgan fingerprint density at radius 1 is 1.00 bits per heavy atom. The monoisotopic (exact) mass is 283 g/mol. The topological polar surface area (TPSA) is 98.2 Å². The van der Waals surface area contributed by atoms with Gasteiger partial charge in [-0.3, -0.25) is 9.59 Å². The van der Waals surface area contributed by atoms with Crippen molar-refractivity contribution in [3.8, 4) is 0 Å². The van der Waals surface area contributed by atoms with Gasteiger partial charge in [-0.05, 0) is 55.3 Å². The molecule has 0 bridgehead atoms. The van der Waals surface area contributed by atoms with Gasteiger partial charge < -0.3 is 16.8 Å². The van der Waals surface area contributed by atoms with Gasteiger partial charge in [-0.1, -0.05) is 6.07 Å². The van der Waals surface area contributed by atoms with E-state index in [1.165, 1.54) is 0 Å². The van der Waals surface area contributed by atoms with Crippen LogP contribution in [0.4, 0.5) is 11.4 Å². The van der Waals surface area contributed by atoms with E-state index in [4.69, 9.17) is 11.5 Å². The van der Waals surface area contributed by atoms with Crippen molar-refractivity contribution in [1.29, 1.82) is 0 Å². The smallest absolute Gasteiger partial charge is 0.256 e. The number of nitrogen functional groups attached to an aromatic ring is 1. The van der Waals surface area contributed by atoms with E-state index in [0.29, 0.717) is 22.5 Å². The number of anilines is 2. The summed E-state index contributed by atoms with van der Waals surface area (Å²) in [6.07, 6.45) is 0. The first-order chi connectivity index (χ1) is 9.88. The number of hydrogen-bond acceptors (Lipinski definition) is 3. The lowest BCUT2D eigenvalue weighted by molar-refractivity contribution is 0.0998. The van der Waals surface area contributed by atoms with E-state index in [1.54, 1.807) is 30.3 Å². The summed E-state index contributed by atoms with van der Waals surface area (Å²) < 4.78 is 0. The second-order valence-electron chi connectivity index (χ2n) is 4.92. The quantitative estimate of drug-likeness (QED) is 0.753. The number of carbonyl (C=O) groups excluding carboxylic acids is 2. The second kappa shape index (κ2) is 5.66.